The molecule has 110 heavy (non-hydrogen) atoms. The molecule has 3 aliphatic carbocycles. The van der Waals surface area contributed by atoms with Gasteiger partial charge < -0.3 is 103 Å². The van der Waals surface area contributed by atoms with E-state index in [9.17, 15) is 62.3 Å². The number of aromatic nitrogens is 8. The van der Waals surface area contributed by atoms with Gasteiger partial charge in [-0.25, -0.2) is 4.79 Å². The Morgan fingerprint density at radius 3 is 1.20 bits per heavy atom. The Morgan fingerprint density at radius 2 is 0.800 bits per heavy atom. The fourth-order valence-corrected chi connectivity index (χ4v) is 15.2. The van der Waals surface area contributed by atoms with Crippen LogP contribution in [0, 0.1) is 17.8 Å². The zero-order valence-corrected chi connectivity index (χ0v) is 62.5. The number of carbonyl (C=O) groups is 10. The molecule has 5 aromatic heterocycles. The van der Waals surface area contributed by atoms with Gasteiger partial charge in [-0.2, -0.15) is 15.0 Å². The Balaban J connectivity index is 0.923. The number of amides is 10. The second-order valence-electron chi connectivity index (χ2n) is 29.5. The molecule has 604 valence electrons. The van der Waals surface area contributed by atoms with Gasteiger partial charge in [-0.3, -0.25) is 72.1 Å². The van der Waals surface area contributed by atoms with Crippen LogP contribution in [0.1, 0.15) is 173 Å². The third kappa shape index (κ3) is 26.5. The SMILES string of the molecule is NCCCC[C@@H](N)CC(=O)N[C@@H](CC(=O)N[C@@H]1CCCC[C@H]1C(=O)N[C@H](CCCCN)CC(=O)N[C@@H](CC(=O)N[C@@H]1CCCC[C@H]1C(=O)N[C@H](CCCCN)CC(=O)N[C@@H](CC(=O)N[C@@H]1CCCC[C@H]1C(=O)NCC(N)=O)Cn1ccc2c(=O)[nH]c(N)nc21)Cn1ccc(N)nc1=O)Cn1ccc2c(=O)[nH]c(N)nc21. The molecule has 38 heteroatoms. The molecule has 8 rings (SSSR count). The molecule has 3 aliphatic rings. The summed E-state index contributed by atoms with van der Waals surface area (Å²) in [4.78, 5) is 195. The van der Waals surface area contributed by atoms with E-state index in [4.69, 9.17) is 45.9 Å². The number of nitrogens with zero attached hydrogens (tertiary/aromatic N) is 6. The molecular formula is C72H113N25O13. The zero-order valence-electron chi connectivity index (χ0n) is 62.5. The van der Waals surface area contributed by atoms with Crippen molar-refractivity contribution in [2.75, 3.05) is 43.4 Å². The van der Waals surface area contributed by atoms with Gasteiger partial charge in [0.15, 0.2) is 0 Å². The lowest BCUT2D eigenvalue weighted by molar-refractivity contribution is -0.131. The topological polar surface area (TPSA) is 623 Å². The maximum absolute atomic E-state index is 14.7. The second kappa shape index (κ2) is 42.6. The first-order chi connectivity index (χ1) is 52.8. The molecule has 10 amide bonds. The third-order valence-corrected chi connectivity index (χ3v) is 20.7. The zero-order chi connectivity index (χ0) is 79.4. The normalized spacial score (nSPS) is 19.5. The number of primary amides is 1. The Morgan fingerprint density at radius 1 is 0.436 bits per heavy atom. The fraction of sp³-hybridized carbons (Fsp3) is 0.639. The lowest BCUT2D eigenvalue weighted by Crippen LogP contribution is -2.53. The summed E-state index contributed by atoms with van der Waals surface area (Å²) in [6.07, 6.45) is 14.7. The van der Waals surface area contributed by atoms with E-state index in [1.807, 2.05) is 0 Å². The van der Waals surface area contributed by atoms with Gasteiger partial charge in [0, 0.05) is 113 Å². The summed E-state index contributed by atoms with van der Waals surface area (Å²) in [5.74, 6) is -7.46. The average molecular weight is 1540 g/mol. The van der Waals surface area contributed by atoms with E-state index in [1.54, 1.807) is 27.6 Å². The molecule has 27 N–H and O–H groups in total. The van der Waals surface area contributed by atoms with Gasteiger partial charge in [0.1, 0.15) is 17.1 Å². The van der Waals surface area contributed by atoms with Gasteiger partial charge in [0.2, 0.25) is 71.0 Å². The van der Waals surface area contributed by atoms with Crippen LogP contribution >= 0.6 is 0 Å². The standard InChI is InChI=1S/C72H113N25O13/c73-25-10-7-13-41(76)31-57(99)82-44(38-95-28-22-50-63(95)91-70(79)93-68(50)108)34-61(103)88-53-20-5-2-17-48(53)66(106)86-43(15-9-12-27-75)33-59(101)84-46(40-97-30-24-55(77)90-72(97)110)36-62(104)89-54-21-6-3-18-49(54)67(107)85-42(14-8-11-26-74)32-58(100)83-45(39-96-29-23-51-64(96)92-71(80)94-69(51)109)35-60(102)87-52-19-4-1-16-47(52)65(105)81-37-56(78)98/h22-24,28-30,41-49,52-54H,1-21,25-27,31-40,73-76H2,(H2,78,98)(H,81,105)(H,82,99)(H,83,100)(H,84,101)(H,85,107)(H,86,106)(H,87,102)(H,88,103)(H,89,104)(H2,77,90,110)(H3,79,91,93,108)(H3,80,92,94,109)/t41-,42-,43-,44+,45+,46+,47-,48-,49-,52-,53-,54-/m1/s1. The highest BCUT2D eigenvalue weighted by molar-refractivity contribution is 5.88. The van der Waals surface area contributed by atoms with E-state index in [-0.39, 0.29) is 104 Å². The van der Waals surface area contributed by atoms with Crippen molar-refractivity contribution in [3.8, 4) is 0 Å². The maximum Gasteiger partial charge on any atom is 0.349 e. The van der Waals surface area contributed by atoms with Gasteiger partial charge in [-0.15, -0.1) is 0 Å². The summed E-state index contributed by atoms with van der Waals surface area (Å²) in [6, 6.07) is -2.25. The van der Waals surface area contributed by atoms with Crippen LogP contribution in [-0.4, -0.2) is 178 Å². The highest BCUT2D eigenvalue weighted by atomic mass is 16.2. The predicted octanol–water partition coefficient (Wildman–Crippen LogP) is -2.43. The van der Waals surface area contributed by atoms with E-state index >= 15 is 0 Å². The van der Waals surface area contributed by atoms with E-state index in [0.29, 0.717) is 129 Å². The highest BCUT2D eigenvalue weighted by Crippen LogP contribution is 2.29. The molecule has 0 radical (unpaired) electrons. The van der Waals surface area contributed by atoms with Crippen LogP contribution in [0.15, 0.2) is 51.2 Å². The van der Waals surface area contributed by atoms with Crippen molar-refractivity contribution in [2.24, 2.45) is 46.4 Å². The van der Waals surface area contributed by atoms with E-state index in [2.05, 4.69) is 72.8 Å². The van der Waals surface area contributed by atoms with Gasteiger partial charge in [0.05, 0.1) is 53.2 Å². The molecule has 0 bridgehead atoms. The number of anilines is 3. The summed E-state index contributed by atoms with van der Waals surface area (Å²) in [5, 5.41) is 27.1. The number of hydrogen-bond acceptors (Lipinski definition) is 23. The molecule has 3 saturated carbocycles. The third-order valence-electron chi connectivity index (χ3n) is 20.7. The quantitative estimate of drug-likeness (QED) is 0.0180. The minimum absolute atomic E-state index is 0.0195. The van der Waals surface area contributed by atoms with Crippen molar-refractivity contribution < 1.29 is 47.9 Å². The number of unbranched alkanes of at least 4 members (excludes halogenated alkanes) is 3. The Kier molecular flexibility index (Phi) is 33.0. The van der Waals surface area contributed by atoms with Crippen LogP contribution in [0.4, 0.5) is 17.7 Å². The molecule has 38 nitrogen and oxygen atoms in total. The summed E-state index contributed by atoms with van der Waals surface area (Å²) < 4.78 is 4.40. The number of nitrogens with one attached hydrogen (secondary N) is 11. The van der Waals surface area contributed by atoms with E-state index in [1.165, 1.54) is 22.9 Å². The van der Waals surface area contributed by atoms with Crippen molar-refractivity contribution >= 4 is 98.9 Å². The largest absolute Gasteiger partial charge is 0.383 e. The summed E-state index contributed by atoms with van der Waals surface area (Å²) in [5.41, 5.74) is 45.5. The molecular weight excluding hydrogens is 1420 g/mol. The first-order valence-electron chi connectivity index (χ1n) is 38.6. The molecule has 0 spiro atoms. The molecule has 12 atom stereocenters. The lowest BCUT2D eigenvalue weighted by Gasteiger charge is -2.33. The maximum atomic E-state index is 14.7. The summed E-state index contributed by atoms with van der Waals surface area (Å²) in [6.45, 7) is 0.520. The Hall–Kier alpha value is -10.3. The van der Waals surface area contributed by atoms with Crippen LogP contribution in [0.25, 0.3) is 22.1 Å². The van der Waals surface area contributed by atoms with Crippen LogP contribution < -0.4 is 111 Å². The Labute approximate surface area is 635 Å². The van der Waals surface area contributed by atoms with Crippen LogP contribution in [-0.2, 0) is 67.6 Å². The van der Waals surface area contributed by atoms with Crippen molar-refractivity contribution in [3.63, 3.8) is 0 Å². The number of rotatable bonds is 43. The first kappa shape index (κ1) is 85.3. The van der Waals surface area contributed by atoms with Crippen LogP contribution in [0.3, 0.4) is 0 Å². The molecule has 5 heterocycles. The minimum Gasteiger partial charge on any atom is -0.383 e. The highest BCUT2D eigenvalue weighted by Gasteiger charge is 2.38. The first-order valence-corrected chi connectivity index (χ1v) is 38.6. The molecule has 0 aliphatic heterocycles. The molecule has 0 aromatic carbocycles. The van der Waals surface area contributed by atoms with Crippen molar-refractivity contribution in [2.45, 2.75) is 247 Å². The molecule has 3 fully saturated rings. The predicted molar refractivity (Wildman–Crippen MR) is 410 cm³/mol. The van der Waals surface area contributed by atoms with Gasteiger partial charge in [-0.1, -0.05) is 57.8 Å². The Bertz CT molecular complexity index is 4150. The van der Waals surface area contributed by atoms with Gasteiger partial charge in [0.25, 0.3) is 11.1 Å². The minimum atomic E-state index is -1.06. The number of nitrogens with two attached hydrogens (primary N) is 8. The number of H-pyrrole nitrogens is 2. The average Bonchev–Trinajstić information content (AvgIpc) is 1.65. The fourth-order valence-electron chi connectivity index (χ4n) is 15.2. The van der Waals surface area contributed by atoms with Gasteiger partial charge in [-0.05, 0) is 115 Å². The molecule has 5 aromatic rings. The van der Waals surface area contributed by atoms with Crippen LogP contribution in [0.2, 0.25) is 0 Å². The number of fused-ring (bicyclic) bond motifs is 2. The summed E-state index contributed by atoms with van der Waals surface area (Å²) >= 11 is 0. The number of hydrogen-bond donors (Lipinski definition) is 19. The number of carbonyl (C=O) groups excluding carboxylic acids is 10. The van der Waals surface area contributed by atoms with E-state index < -0.39 is 148 Å². The van der Waals surface area contributed by atoms with Crippen LogP contribution in [0.5, 0.6) is 0 Å². The van der Waals surface area contributed by atoms with E-state index in [0.717, 1.165) is 25.7 Å². The van der Waals surface area contributed by atoms with Crippen molar-refractivity contribution in [3.05, 3.63) is 68.0 Å². The van der Waals surface area contributed by atoms with Gasteiger partial charge >= 0.3 is 5.69 Å². The number of nitrogen functional groups attached to an aromatic ring is 3. The summed E-state index contributed by atoms with van der Waals surface area (Å²) in [7, 11) is 0. The smallest absolute Gasteiger partial charge is 0.349 e. The monoisotopic (exact) mass is 1540 g/mol. The van der Waals surface area contributed by atoms with Crippen molar-refractivity contribution in [1.82, 2.24) is 86.5 Å². The molecule has 0 unspecified atom stereocenters. The second-order valence-corrected chi connectivity index (χ2v) is 29.5. The van der Waals surface area contributed by atoms with Crippen molar-refractivity contribution in [1.29, 1.82) is 0 Å². The lowest BCUT2D eigenvalue weighted by atomic mass is 9.83. The molecule has 0 saturated heterocycles. The number of aromatic amines is 2.